The Labute approximate surface area is 130 Å². The number of nitro benzene ring substituents is 1. The van der Waals surface area contributed by atoms with E-state index in [2.05, 4.69) is 5.32 Å². The predicted octanol–water partition coefficient (Wildman–Crippen LogP) is 5.38. The van der Waals surface area contributed by atoms with Crippen LogP contribution >= 0.6 is 0 Å². The Morgan fingerprint density at radius 2 is 1.38 bits per heavy atom. The predicted molar refractivity (Wildman–Crippen MR) is 72.8 cm³/mol. The van der Waals surface area contributed by atoms with Crippen LogP contribution in [0.3, 0.4) is 0 Å². The molecule has 0 bridgehead atoms. The zero-order chi connectivity index (χ0) is 18.1. The quantitative estimate of drug-likeness (QED) is 0.460. The van der Waals surface area contributed by atoms with Gasteiger partial charge in [0.1, 0.15) is 5.69 Å². The fraction of sp³-hybridized carbons (Fsp3) is 0.143. The Kier molecular flexibility index (Phi) is 4.41. The molecule has 0 aliphatic heterocycles. The molecule has 128 valence electrons. The SMILES string of the molecule is O=[N+]([O-])c1ccccc1Nc1cc(C(F)(F)F)cc(C(F)(F)F)c1. The van der Waals surface area contributed by atoms with E-state index in [0.717, 1.165) is 6.07 Å². The summed E-state index contributed by atoms with van der Waals surface area (Å²) >= 11 is 0. The molecule has 2 aromatic carbocycles. The first-order valence-corrected chi connectivity index (χ1v) is 6.28. The van der Waals surface area contributed by atoms with Gasteiger partial charge >= 0.3 is 12.4 Å². The minimum Gasteiger partial charge on any atom is -0.350 e. The van der Waals surface area contributed by atoms with Gasteiger partial charge in [0.25, 0.3) is 5.69 Å². The molecule has 1 N–H and O–H groups in total. The van der Waals surface area contributed by atoms with E-state index in [-0.39, 0.29) is 11.8 Å². The van der Waals surface area contributed by atoms with Gasteiger partial charge in [0.15, 0.2) is 0 Å². The van der Waals surface area contributed by atoms with Gasteiger partial charge in [0.05, 0.1) is 16.1 Å². The Morgan fingerprint density at radius 3 is 1.83 bits per heavy atom. The molecule has 0 aliphatic carbocycles. The lowest BCUT2D eigenvalue weighted by atomic mass is 10.1. The van der Waals surface area contributed by atoms with Crippen LogP contribution in [0.25, 0.3) is 0 Å². The molecule has 0 fully saturated rings. The summed E-state index contributed by atoms with van der Waals surface area (Å²) in [5.41, 5.74) is -4.30. The molecular formula is C14H8F6N2O2. The number of alkyl halides is 6. The first-order chi connectivity index (χ1) is 11.0. The molecule has 0 amide bonds. The van der Waals surface area contributed by atoms with Crippen LogP contribution in [-0.2, 0) is 12.4 Å². The van der Waals surface area contributed by atoms with Crippen molar-refractivity contribution in [3.05, 3.63) is 63.7 Å². The molecule has 24 heavy (non-hydrogen) atoms. The maximum Gasteiger partial charge on any atom is 0.416 e. The van der Waals surface area contributed by atoms with Crippen molar-refractivity contribution >= 4 is 17.1 Å². The zero-order valence-electron chi connectivity index (χ0n) is 11.6. The Hall–Kier alpha value is -2.78. The zero-order valence-corrected chi connectivity index (χ0v) is 11.6. The highest BCUT2D eigenvalue weighted by Gasteiger charge is 2.37. The maximum atomic E-state index is 12.8. The van der Waals surface area contributed by atoms with Crippen molar-refractivity contribution in [2.75, 3.05) is 5.32 Å². The van der Waals surface area contributed by atoms with Crippen molar-refractivity contribution in [3.8, 4) is 0 Å². The Balaban J connectivity index is 2.53. The van der Waals surface area contributed by atoms with Crippen LogP contribution in [0.1, 0.15) is 11.1 Å². The minimum atomic E-state index is -5.00. The summed E-state index contributed by atoms with van der Waals surface area (Å²) in [5.74, 6) is 0. The lowest BCUT2D eigenvalue weighted by molar-refractivity contribution is -0.383. The molecule has 0 heterocycles. The lowest BCUT2D eigenvalue weighted by Crippen LogP contribution is -2.11. The van der Waals surface area contributed by atoms with Gasteiger partial charge in [-0.1, -0.05) is 12.1 Å². The number of anilines is 2. The summed E-state index contributed by atoms with van der Waals surface area (Å²) in [6.45, 7) is 0. The van der Waals surface area contributed by atoms with Gasteiger partial charge in [-0.25, -0.2) is 0 Å². The molecule has 0 radical (unpaired) electrons. The molecule has 2 aromatic rings. The van der Waals surface area contributed by atoms with Crippen molar-refractivity contribution in [3.63, 3.8) is 0 Å². The van der Waals surface area contributed by atoms with Gasteiger partial charge < -0.3 is 5.32 Å². The van der Waals surface area contributed by atoms with Gasteiger partial charge in [-0.15, -0.1) is 0 Å². The number of hydrogen-bond donors (Lipinski definition) is 1. The Morgan fingerprint density at radius 1 is 0.875 bits per heavy atom. The highest BCUT2D eigenvalue weighted by molar-refractivity contribution is 5.70. The number of hydrogen-bond acceptors (Lipinski definition) is 3. The number of halogens is 6. The number of benzene rings is 2. The Bertz CT molecular complexity index is 738. The molecular weight excluding hydrogens is 342 g/mol. The molecule has 0 atom stereocenters. The highest BCUT2D eigenvalue weighted by Crippen LogP contribution is 2.38. The fourth-order valence-electron chi connectivity index (χ4n) is 1.92. The molecule has 0 unspecified atom stereocenters. The van der Waals surface area contributed by atoms with Crippen LogP contribution in [0.2, 0.25) is 0 Å². The maximum absolute atomic E-state index is 12.8. The third kappa shape index (κ3) is 3.94. The largest absolute Gasteiger partial charge is 0.416 e. The molecule has 10 heteroatoms. The van der Waals surface area contributed by atoms with Crippen molar-refractivity contribution in [1.29, 1.82) is 0 Å². The van der Waals surface area contributed by atoms with Crippen molar-refractivity contribution < 1.29 is 31.3 Å². The van der Waals surface area contributed by atoms with Crippen LogP contribution in [0, 0.1) is 10.1 Å². The average Bonchev–Trinajstić information content (AvgIpc) is 2.45. The molecule has 0 aliphatic rings. The van der Waals surface area contributed by atoms with E-state index in [1.807, 2.05) is 0 Å². The number of para-hydroxylation sites is 2. The summed E-state index contributed by atoms with van der Waals surface area (Å²) < 4.78 is 76.7. The van der Waals surface area contributed by atoms with Crippen molar-refractivity contribution in [1.82, 2.24) is 0 Å². The third-order valence-electron chi connectivity index (χ3n) is 2.97. The second-order valence-corrected chi connectivity index (χ2v) is 4.69. The van der Waals surface area contributed by atoms with E-state index < -0.39 is 39.8 Å². The summed E-state index contributed by atoms with van der Waals surface area (Å²) in [6.07, 6.45) is -10.00. The fourth-order valence-corrected chi connectivity index (χ4v) is 1.92. The number of nitrogens with zero attached hydrogens (tertiary/aromatic N) is 1. The van der Waals surface area contributed by atoms with Crippen LogP contribution in [-0.4, -0.2) is 4.92 Å². The van der Waals surface area contributed by atoms with E-state index in [0.29, 0.717) is 12.1 Å². The number of rotatable bonds is 3. The average molecular weight is 350 g/mol. The molecule has 4 nitrogen and oxygen atoms in total. The summed E-state index contributed by atoms with van der Waals surface area (Å²) in [4.78, 5) is 10.1. The first kappa shape index (κ1) is 17.6. The lowest BCUT2D eigenvalue weighted by Gasteiger charge is -2.15. The third-order valence-corrected chi connectivity index (χ3v) is 2.97. The second-order valence-electron chi connectivity index (χ2n) is 4.69. The smallest absolute Gasteiger partial charge is 0.350 e. The first-order valence-electron chi connectivity index (χ1n) is 6.28. The standard InChI is InChI=1S/C14H8F6N2O2/c15-13(16,17)8-5-9(14(18,19)20)7-10(6-8)21-11-3-1-2-4-12(11)22(23)24/h1-7,21H. The van der Waals surface area contributed by atoms with Crippen molar-refractivity contribution in [2.45, 2.75) is 12.4 Å². The summed E-state index contributed by atoms with van der Waals surface area (Å²) in [7, 11) is 0. The molecule has 0 spiro atoms. The van der Waals surface area contributed by atoms with E-state index in [4.69, 9.17) is 0 Å². The molecule has 0 saturated carbocycles. The highest BCUT2D eigenvalue weighted by atomic mass is 19.4. The van der Waals surface area contributed by atoms with E-state index in [1.165, 1.54) is 18.2 Å². The molecule has 0 aromatic heterocycles. The van der Waals surface area contributed by atoms with E-state index in [1.54, 1.807) is 0 Å². The van der Waals surface area contributed by atoms with Gasteiger partial charge in [-0.05, 0) is 24.3 Å². The van der Waals surface area contributed by atoms with Gasteiger partial charge in [-0.2, -0.15) is 26.3 Å². The van der Waals surface area contributed by atoms with Crippen LogP contribution in [0.15, 0.2) is 42.5 Å². The minimum absolute atomic E-state index is 0.0232. The summed E-state index contributed by atoms with van der Waals surface area (Å²) in [6, 6.07) is 5.79. The van der Waals surface area contributed by atoms with Gasteiger partial charge in [0.2, 0.25) is 0 Å². The normalized spacial score (nSPS) is 12.1. The van der Waals surface area contributed by atoms with Crippen LogP contribution in [0.4, 0.5) is 43.4 Å². The number of nitrogens with one attached hydrogen (secondary N) is 1. The van der Waals surface area contributed by atoms with Crippen molar-refractivity contribution in [2.24, 2.45) is 0 Å². The molecule has 0 saturated heterocycles. The van der Waals surface area contributed by atoms with E-state index in [9.17, 15) is 36.5 Å². The van der Waals surface area contributed by atoms with Crippen LogP contribution in [0.5, 0.6) is 0 Å². The van der Waals surface area contributed by atoms with Crippen LogP contribution < -0.4 is 5.32 Å². The molecule has 2 rings (SSSR count). The van der Waals surface area contributed by atoms with Gasteiger partial charge in [0, 0.05) is 11.8 Å². The monoisotopic (exact) mass is 350 g/mol. The van der Waals surface area contributed by atoms with Gasteiger partial charge in [-0.3, -0.25) is 10.1 Å². The van der Waals surface area contributed by atoms with E-state index >= 15 is 0 Å². The second kappa shape index (κ2) is 6.02. The number of nitro groups is 1. The summed E-state index contributed by atoms with van der Waals surface area (Å²) in [5, 5.41) is 13.1. The topological polar surface area (TPSA) is 55.2 Å².